The summed E-state index contributed by atoms with van der Waals surface area (Å²) in [5, 5.41) is 3.47. The molecule has 1 aromatic rings. The number of fused-ring (bicyclic) bond motifs is 1. The van der Waals surface area contributed by atoms with E-state index >= 15 is 0 Å². The quantitative estimate of drug-likeness (QED) is 0.820. The highest BCUT2D eigenvalue weighted by atomic mass is 32.2. The Morgan fingerprint density at radius 3 is 2.62 bits per heavy atom. The second kappa shape index (κ2) is 8.91. The van der Waals surface area contributed by atoms with Gasteiger partial charge in [0.1, 0.15) is 0 Å². The molecular weight excluding hydrogens is 346 g/mol. The average Bonchev–Trinajstić information content (AvgIpc) is 2.70. The van der Waals surface area contributed by atoms with Gasteiger partial charge in [-0.05, 0) is 46.2 Å². The van der Waals surface area contributed by atoms with Crippen molar-refractivity contribution in [2.45, 2.75) is 56.7 Å². The normalized spacial score (nSPS) is 18.7. The van der Waals surface area contributed by atoms with Crippen molar-refractivity contribution in [2.75, 3.05) is 31.1 Å². The fourth-order valence-corrected chi connectivity index (χ4v) is 4.17. The Morgan fingerprint density at radius 1 is 1.27 bits per heavy atom. The summed E-state index contributed by atoms with van der Waals surface area (Å²) in [6, 6.07) is 8.11. The van der Waals surface area contributed by atoms with E-state index in [9.17, 15) is 9.59 Å². The van der Waals surface area contributed by atoms with Gasteiger partial charge in [0.2, 0.25) is 0 Å². The lowest BCUT2D eigenvalue weighted by atomic mass is 10.1. The largest absolute Gasteiger partial charge is 0.347 e. The number of nitrogens with one attached hydrogen (secondary N) is 2. The first-order valence-electron chi connectivity index (χ1n) is 9.40. The summed E-state index contributed by atoms with van der Waals surface area (Å²) < 4.78 is 0. The van der Waals surface area contributed by atoms with Crippen LogP contribution in [0.25, 0.3) is 0 Å². The van der Waals surface area contributed by atoms with Crippen molar-refractivity contribution >= 4 is 29.3 Å². The maximum absolute atomic E-state index is 13.0. The number of hydrogen-bond acceptors (Lipinski definition) is 3. The Labute approximate surface area is 161 Å². The van der Waals surface area contributed by atoms with Crippen LogP contribution in [0.15, 0.2) is 29.2 Å². The number of amides is 2. The van der Waals surface area contributed by atoms with E-state index in [2.05, 4.69) is 18.3 Å². The van der Waals surface area contributed by atoms with E-state index in [-0.39, 0.29) is 17.4 Å². The van der Waals surface area contributed by atoms with Crippen LogP contribution in [0, 0.1) is 0 Å². The molecule has 1 heterocycles. The third-order valence-corrected chi connectivity index (χ3v) is 5.61. The van der Waals surface area contributed by atoms with Crippen molar-refractivity contribution in [3.63, 3.8) is 0 Å². The first-order chi connectivity index (χ1) is 12.2. The van der Waals surface area contributed by atoms with E-state index in [0.717, 1.165) is 35.0 Å². The van der Waals surface area contributed by atoms with Gasteiger partial charge >= 0.3 is 0 Å². The second-order valence-electron chi connectivity index (χ2n) is 7.99. The number of nitrogens with zero attached hydrogens (tertiary/aromatic N) is 1. The number of quaternary nitrogens is 1. The summed E-state index contributed by atoms with van der Waals surface area (Å²) >= 11 is 1.83. The highest BCUT2D eigenvalue weighted by Crippen LogP contribution is 2.37. The molecule has 1 unspecified atom stereocenters. The summed E-state index contributed by atoms with van der Waals surface area (Å²) in [6.45, 7) is 12.2. The molecule has 0 fully saturated rings. The highest BCUT2D eigenvalue weighted by molar-refractivity contribution is 8.00. The molecule has 0 aromatic heterocycles. The summed E-state index contributed by atoms with van der Waals surface area (Å²) in [4.78, 5) is 29.3. The Bertz CT molecular complexity index is 642. The van der Waals surface area contributed by atoms with Crippen LogP contribution in [0.5, 0.6) is 0 Å². The molecule has 2 N–H and O–H groups in total. The molecule has 5 nitrogen and oxygen atoms in total. The zero-order valence-corrected chi connectivity index (χ0v) is 17.4. The number of hydrogen-bond donors (Lipinski definition) is 2. The Morgan fingerprint density at radius 2 is 1.96 bits per heavy atom. The lowest BCUT2D eigenvalue weighted by molar-refractivity contribution is -0.881. The van der Waals surface area contributed by atoms with Gasteiger partial charge in [-0.15, -0.1) is 11.8 Å². The molecule has 2 atom stereocenters. The molecule has 2 amide bonds. The SMILES string of the molecule is CC[NH+](CC(=O)NC(C)(C)C)CC(=O)N1CC[C@H](C)Sc2ccccc21. The van der Waals surface area contributed by atoms with Crippen LogP contribution < -0.4 is 15.1 Å². The number of thioether (sulfide) groups is 1. The number of likely N-dealkylation sites (N-methyl/N-ethyl adjacent to an activating group) is 1. The minimum absolute atomic E-state index is 0.0115. The van der Waals surface area contributed by atoms with Crippen LogP contribution >= 0.6 is 11.8 Å². The number of carbonyl (C=O) groups is 2. The maximum atomic E-state index is 13.0. The van der Waals surface area contributed by atoms with Crippen LogP contribution in [-0.2, 0) is 9.59 Å². The van der Waals surface area contributed by atoms with Crippen molar-refractivity contribution in [3.8, 4) is 0 Å². The standard InChI is InChI=1S/C20H31N3O2S/c1-6-22(13-18(24)21-20(3,4)5)14-19(25)23-12-11-15(2)26-17-10-8-7-9-16(17)23/h7-10,15H,6,11-14H2,1-5H3,(H,21,24)/p+1/t15-/m0/s1. The van der Waals surface area contributed by atoms with E-state index in [1.165, 1.54) is 0 Å². The molecule has 6 heteroatoms. The summed E-state index contributed by atoms with van der Waals surface area (Å²) in [7, 11) is 0. The predicted molar refractivity (Wildman–Crippen MR) is 108 cm³/mol. The van der Waals surface area contributed by atoms with Crippen molar-refractivity contribution in [3.05, 3.63) is 24.3 Å². The smallest absolute Gasteiger partial charge is 0.282 e. The number of para-hydroxylation sites is 1. The lowest BCUT2D eigenvalue weighted by Crippen LogP contribution is -3.14. The van der Waals surface area contributed by atoms with Crippen LogP contribution in [-0.4, -0.2) is 48.8 Å². The number of carbonyl (C=O) groups excluding carboxylic acids is 2. The minimum Gasteiger partial charge on any atom is -0.347 e. The zero-order chi connectivity index (χ0) is 19.3. The van der Waals surface area contributed by atoms with Gasteiger partial charge in [-0.3, -0.25) is 9.59 Å². The Hall–Kier alpha value is -1.53. The maximum Gasteiger partial charge on any atom is 0.282 e. The van der Waals surface area contributed by atoms with Gasteiger partial charge in [0.05, 0.1) is 12.2 Å². The van der Waals surface area contributed by atoms with Crippen LogP contribution in [0.2, 0.25) is 0 Å². The molecule has 0 spiro atoms. The van der Waals surface area contributed by atoms with E-state index in [4.69, 9.17) is 0 Å². The summed E-state index contributed by atoms with van der Waals surface area (Å²) in [5.74, 6) is 0.0788. The lowest BCUT2D eigenvalue weighted by Gasteiger charge is -2.26. The van der Waals surface area contributed by atoms with Crippen LogP contribution in [0.3, 0.4) is 0 Å². The summed E-state index contributed by atoms with van der Waals surface area (Å²) in [6.07, 6.45) is 0.969. The zero-order valence-electron chi connectivity index (χ0n) is 16.6. The molecule has 1 aliphatic rings. The third kappa shape index (κ3) is 6.02. The average molecular weight is 379 g/mol. The van der Waals surface area contributed by atoms with Crippen molar-refractivity contribution in [2.24, 2.45) is 0 Å². The number of benzene rings is 1. The fourth-order valence-electron chi connectivity index (χ4n) is 3.06. The summed E-state index contributed by atoms with van der Waals surface area (Å²) in [5.41, 5.74) is 0.748. The van der Waals surface area contributed by atoms with Gasteiger partial charge in [-0.25, -0.2) is 0 Å². The highest BCUT2D eigenvalue weighted by Gasteiger charge is 2.27. The Balaban J connectivity index is 2.06. The molecule has 0 bridgehead atoms. The molecule has 0 saturated carbocycles. The predicted octanol–water partition coefficient (Wildman–Crippen LogP) is 1.72. The molecule has 0 radical (unpaired) electrons. The van der Waals surface area contributed by atoms with E-state index in [1.54, 1.807) is 0 Å². The molecule has 1 aromatic carbocycles. The first kappa shape index (κ1) is 20.8. The first-order valence-corrected chi connectivity index (χ1v) is 10.3. The molecule has 2 rings (SSSR count). The molecule has 0 aliphatic carbocycles. The van der Waals surface area contributed by atoms with E-state index < -0.39 is 0 Å². The van der Waals surface area contributed by atoms with Crippen molar-refractivity contribution < 1.29 is 14.5 Å². The van der Waals surface area contributed by atoms with Gasteiger partial charge in [0, 0.05) is 22.2 Å². The topological polar surface area (TPSA) is 53.9 Å². The van der Waals surface area contributed by atoms with Gasteiger partial charge in [0.15, 0.2) is 13.1 Å². The Kier molecular flexibility index (Phi) is 7.12. The third-order valence-electron chi connectivity index (χ3n) is 4.37. The molecule has 1 aliphatic heterocycles. The molecule has 144 valence electrons. The van der Waals surface area contributed by atoms with Crippen molar-refractivity contribution in [1.82, 2.24) is 5.32 Å². The van der Waals surface area contributed by atoms with E-state index in [1.807, 2.05) is 62.6 Å². The second-order valence-corrected chi connectivity index (χ2v) is 9.47. The van der Waals surface area contributed by atoms with Gasteiger partial charge in [-0.1, -0.05) is 19.1 Å². The van der Waals surface area contributed by atoms with Gasteiger partial charge in [-0.2, -0.15) is 0 Å². The monoisotopic (exact) mass is 378 g/mol. The van der Waals surface area contributed by atoms with Crippen LogP contribution in [0.4, 0.5) is 5.69 Å². The molecule has 26 heavy (non-hydrogen) atoms. The van der Waals surface area contributed by atoms with Gasteiger partial charge in [0.25, 0.3) is 11.8 Å². The molecule has 0 saturated heterocycles. The molecular formula is C20H32N3O2S+. The number of anilines is 1. The van der Waals surface area contributed by atoms with E-state index in [0.29, 0.717) is 18.3 Å². The number of rotatable bonds is 5. The van der Waals surface area contributed by atoms with Crippen molar-refractivity contribution in [1.29, 1.82) is 0 Å². The minimum atomic E-state index is -0.253. The fraction of sp³-hybridized carbons (Fsp3) is 0.600. The van der Waals surface area contributed by atoms with Crippen LogP contribution in [0.1, 0.15) is 41.0 Å². The van der Waals surface area contributed by atoms with Gasteiger partial charge < -0.3 is 15.1 Å².